The first kappa shape index (κ1) is 24.5. The molecule has 0 aliphatic heterocycles. The van der Waals surface area contributed by atoms with E-state index in [9.17, 15) is 4.79 Å². The summed E-state index contributed by atoms with van der Waals surface area (Å²) in [5, 5.41) is 0. The zero-order valence-corrected chi connectivity index (χ0v) is 21.1. The summed E-state index contributed by atoms with van der Waals surface area (Å²) in [5.41, 5.74) is 15.5. The number of benzene rings is 1. The largest absolute Gasteiger partial charge is 0.294 e. The molecule has 0 heterocycles. The van der Waals surface area contributed by atoms with E-state index in [0.717, 1.165) is 51.8 Å². The number of allylic oxidation sites excluding steroid dienone is 12. The molecule has 0 saturated heterocycles. The van der Waals surface area contributed by atoms with E-state index in [0.29, 0.717) is 6.42 Å². The quantitative estimate of drug-likeness (QED) is 0.238. The lowest BCUT2D eigenvalue weighted by atomic mass is 9.90. The van der Waals surface area contributed by atoms with Crippen LogP contribution in [-0.2, 0) is 0 Å². The molecule has 0 bridgehead atoms. The maximum absolute atomic E-state index is 13.2. The van der Waals surface area contributed by atoms with Crippen LogP contribution >= 0.6 is 0 Å². The van der Waals surface area contributed by atoms with E-state index in [1.54, 1.807) is 0 Å². The lowest BCUT2D eigenvalue weighted by Crippen LogP contribution is -2.07. The highest BCUT2D eigenvalue weighted by Gasteiger charge is 2.26. The van der Waals surface area contributed by atoms with Gasteiger partial charge in [-0.25, -0.2) is 0 Å². The Kier molecular flexibility index (Phi) is 7.57. The molecule has 0 saturated carbocycles. The topological polar surface area (TPSA) is 17.1 Å². The van der Waals surface area contributed by atoms with E-state index in [1.165, 1.54) is 22.3 Å². The van der Waals surface area contributed by atoms with Crippen molar-refractivity contribution in [3.63, 3.8) is 0 Å². The van der Waals surface area contributed by atoms with Gasteiger partial charge in [0.15, 0.2) is 5.78 Å². The Morgan fingerprint density at radius 1 is 1.00 bits per heavy atom. The fourth-order valence-electron chi connectivity index (χ4n) is 4.60. The van der Waals surface area contributed by atoms with Crippen molar-refractivity contribution in [1.82, 2.24) is 0 Å². The van der Waals surface area contributed by atoms with Crippen LogP contribution in [0.3, 0.4) is 0 Å². The highest BCUT2D eigenvalue weighted by atomic mass is 16.1. The van der Waals surface area contributed by atoms with Crippen LogP contribution in [0, 0.1) is 26.7 Å². The number of rotatable bonds is 7. The Morgan fingerprint density at radius 3 is 2.39 bits per heavy atom. The molecule has 1 aromatic rings. The van der Waals surface area contributed by atoms with Gasteiger partial charge in [-0.05, 0) is 92.9 Å². The Balaban J connectivity index is 1.81. The van der Waals surface area contributed by atoms with Gasteiger partial charge in [-0.1, -0.05) is 73.2 Å². The maximum Gasteiger partial charge on any atom is 0.167 e. The number of carbonyl (C=O) groups excluding carboxylic acids is 1. The molecule has 2 aliphatic rings. The van der Waals surface area contributed by atoms with Crippen molar-refractivity contribution in [2.24, 2.45) is 5.92 Å². The number of aryl methyl sites for hydroxylation is 3. The Morgan fingerprint density at radius 2 is 1.70 bits per heavy atom. The van der Waals surface area contributed by atoms with Gasteiger partial charge >= 0.3 is 0 Å². The molecule has 0 amide bonds. The summed E-state index contributed by atoms with van der Waals surface area (Å²) in [6.45, 7) is 21.0. The molecule has 2 aliphatic carbocycles. The third-order valence-corrected chi connectivity index (χ3v) is 7.06. The van der Waals surface area contributed by atoms with Crippen LogP contribution in [-0.4, -0.2) is 5.78 Å². The SMILES string of the molecule is C=C=C(C(=C)CC1=CCC=C(C)C=C1)C1=C(C)C(C)C(CC(=O)c2cc(C)c(C)cc2C)=C1. The molecule has 0 spiro atoms. The zero-order valence-electron chi connectivity index (χ0n) is 21.1. The van der Waals surface area contributed by atoms with Crippen LogP contribution in [0.4, 0.5) is 0 Å². The van der Waals surface area contributed by atoms with Crippen molar-refractivity contribution < 1.29 is 4.79 Å². The summed E-state index contributed by atoms with van der Waals surface area (Å²) in [7, 11) is 0. The highest BCUT2D eigenvalue weighted by molar-refractivity contribution is 5.99. The predicted molar refractivity (Wildman–Crippen MR) is 142 cm³/mol. The second-order valence-corrected chi connectivity index (χ2v) is 9.52. The van der Waals surface area contributed by atoms with E-state index in [4.69, 9.17) is 0 Å². The van der Waals surface area contributed by atoms with Gasteiger partial charge in [-0.15, -0.1) is 5.73 Å². The fourth-order valence-corrected chi connectivity index (χ4v) is 4.60. The monoisotopic (exact) mass is 436 g/mol. The molecule has 0 radical (unpaired) electrons. The molecule has 3 rings (SSSR count). The second-order valence-electron chi connectivity index (χ2n) is 9.52. The van der Waals surface area contributed by atoms with Gasteiger partial charge in [0.05, 0.1) is 0 Å². The first-order chi connectivity index (χ1) is 15.6. The van der Waals surface area contributed by atoms with Crippen LogP contribution in [0.25, 0.3) is 0 Å². The molecule has 33 heavy (non-hydrogen) atoms. The minimum atomic E-state index is 0.183. The van der Waals surface area contributed by atoms with Crippen LogP contribution in [0.5, 0.6) is 0 Å². The molecular weight excluding hydrogens is 400 g/mol. The van der Waals surface area contributed by atoms with Gasteiger partial charge < -0.3 is 0 Å². The van der Waals surface area contributed by atoms with E-state index in [2.05, 4.69) is 90.0 Å². The molecule has 0 fully saturated rings. The van der Waals surface area contributed by atoms with Crippen molar-refractivity contribution in [3.05, 3.63) is 123 Å². The van der Waals surface area contributed by atoms with E-state index >= 15 is 0 Å². The van der Waals surface area contributed by atoms with Gasteiger partial charge in [0.2, 0.25) is 0 Å². The van der Waals surface area contributed by atoms with Crippen LogP contribution < -0.4 is 0 Å². The molecule has 0 N–H and O–H groups in total. The average molecular weight is 437 g/mol. The van der Waals surface area contributed by atoms with E-state index < -0.39 is 0 Å². The number of hydrogen-bond acceptors (Lipinski definition) is 1. The van der Waals surface area contributed by atoms with Crippen molar-refractivity contribution in [2.45, 2.75) is 60.8 Å². The minimum absolute atomic E-state index is 0.183. The first-order valence-corrected chi connectivity index (χ1v) is 11.8. The summed E-state index contributed by atoms with van der Waals surface area (Å²) >= 11 is 0. The number of hydrogen-bond donors (Lipinski definition) is 0. The summed E-state index contributed by atoms with van der Waals surface area (Å²) in [6, 6.07) is 4.15. The van der Waals surface area contributed by atoms with E-state index in [1.807, 2.05) is 13.0 Å². The number of Topliss-reactive ketones (excluding diaryl/α,β-unsaturated/α-hetero) is 1. The first-order valence-electron chi connectivity index (χ1n) is 11.8. The van der Waals surface area contributed by atoms with Crippen molar-refractivity contribution in [3.8, 4) is 0 Å². The summed E-state index contributed by atoms with van der Waals surface area (Å²) in [6.07, 6.45) is 13.1. The van der Waals surface area contributed by atoms with Gasteiger partial charge in [0.25, 0.3) is 0 Å². The standard InChI is InChI=1S/C32H36O/c1-9-29(24(6)16-27-12-10-11-20(2)13-14-27)31-18-28(25(7)26(31)8)19-32(33)30-17-22(4)21(3)15-23(30)5/h11-15,17-18,25H,1,6,10,16,19H2,2-5,7-8H3. The fraction of sp³-hybridized carbons (Fsp3) is 0.312. The van der Waals surface area contributed by atoms with Crippen LogP contribution in [0.2, 0.25) is 0 Å². The molecular formula is C32H36O. The Hall–Kier alpha value is -3.15. The molecule has 0 aromatic heterocycles. The van der Waals surface area contributed by atoms with Crippen LogP contribution in [0.1, 0.15) is 67.1 Å². The van der Waals surface area contributed by atoms with Crippen molar-refractivity contribution >= 4 is 5.78 Å². The summed E-state index contributed by atoms with van der Waals surface area (Å²) in [5.74, 6) is 0.401. The van der Waals surface area contributed by atoms with Crippen molar-refractivity contribution in [2.75, 3.05) is 0 Å². The molecule has 1 atom stereocenters. The Labute approximate surface area is 200 Å². The van der Waals surface area contributed by atoms with Gasteiger partial charge in [0, 0.05) is 17.6 Å². The normalized spacial score (nSPS) is 17.8. The molecule has 170 valence electrons. The Bertz CT molecular complexity index is 1210. The second kappa shape index (κ2) is 10.2. The maximum atomic E-state index is 13.2. The summed E-state index contributed by atoms with van der Waals surface area (Å²) < 4.78 is 0. The highest BCUT2D eigenvalue weighted by Crippen LogP contribution is 2.39. The third-order valence-electron chi connectivity index (χ3n) is 7.06. The molecule has 1 heteroatoms. The number of ketones is 1. The van der Waals surface area contributed by atoms with Crippen LogP contribution in [0.15, 0.2) is 100 Å². The van der Waals surface area contributed by atoms with Crippen molar-refractivity contribution in [1.29, 1.82) is 0 Å². The minimum Gasteiger partial charge on any atom is -0.294 e. The smallest absolute Gasteiger partial charge is 0.167 e. The molecule has 1 nitrogen and oxygen atoms in total. The zero-order chi connectivity index (χ0) is 24.3. The van der Waals surface area contributed by atoms with E-state index in [-0.39, 0.29) is 11.7 Å². The molecule has 1 aromatic carbocycles. The lowest BCUT2D eigenvalue weighted by Gasteiger charge is -2.14. The number of carbonyl (C=O) groups is 1. The lowest BCUT2D eigenvalue weighted by molar-refractivity contribution is 0.0990. The third kappa shape index (κ3) is 5.44. The summed E-state index contributed by atoms with van der Waals surface area (Å²) in [4.78, 5) is 13.2. The average Bonchev–Trinajstić information content (AvgIpc) is 2.91. The predicted octanol–water partition coefficient (Wildman–Crippen LogP) is 8.57. The molecule has 1 unspecified atom stereocenters. The van der Waals surface area contributed by atoms with Gasteiger partial charge in [-0.3, -0.25) is 4.79 Å². The van der Waals surface area contributed by atoms with Gasteiger partial charge in [0.1, 0.15) is 0 Å². The van der Waals surface area contributed by atoms with Gasteiger partial charge in [-0.2, -0.15) is 0 Å².